The zero-order valence-corrected chi connectivity index (χ0v) is 10.4. The van der Waals surface area contributed by atoms with Crippen molar-refractivity contribution in [2.24, 2.45) is 0 Å². The number of hydrogen-bond donors (Lipinski definition) is 2. The maximum absolute atomic E-state index is 9.44. The van der Waals surface area contributed by atoms with E-state index in [4.69, 9.17) is 5.11 Å². The monoisotopic (exact) mass is 245 g/mol. The van der Waals surface area contributed by atoms with Gasteiger partial charge >= 0.3 is 0 Å². The third-order valence-electron chi connectivity index (χ3n) is 2.88. The molecule has 0 radical (unpaired) electrons. The molecule has 0 atom stereocenters. The summed E-state index contributed by atoms with van der Waals surface area (Å²) in [6.07, 6.45) is 1.96. The van der Waals surface area contributed by atoms with E-state index in [1.165, 1.54) is 0 Å². The Morgan fingerprint density at radius 2 is 1.94 bits per heavy atom. The van der Waals surface area contributed by atoms with Gasteiger partial charge in [0, 0.05) is 6.07 Å². The summed E-state index contributed by atoms with van der Waals surface area (Å²) in [6.45, 7) is 2.73. The van der Waals surface area contributed by atoms with Crippen LogP contribution in [0.1, 0.15) is 18.2 Å². The Hall–Kier alpha value is -1.78. The number of aromatic nitrogens is 2. The summed E-state index contributed by atoms with van der Waals surface area (Å²) in [6, 6.07) is 9.33. The Kier molecular flexibility index (Phi) is 4.02. The lowest BCUT2D eigenvalue weighted by Gasteiger charge is -2.07. The van der Waals surface area contributed by atoms with Gasteiger partial charge in [0.25, 0.3) is 0 Å². The van der Waals surface area contributed by atoms with Gasteiger partial charge in [-0.25, -0.2) is 4.98 Å². The molecule has 0 aliphatic rings. The highest BCUT2D eigenvalue weighted by Gasteiger charge is 2.18. The van der Waals surface area contributed by atoms with Crippen LogP contribution in [0, 0.1) is 0 Å². The number of aliphatic hydroxyl groups is 2. The molecule has 2 aromatic heterocycles. The van der Waals surface area contributed by atoms with Crippen molar-refractivity contribution in [3.8, 4) is 11.4 Å². The molecule has 0 aromatic carbocycles. The summed E-state index contributed by atoms with van der Waals surface area (Å²) in [7, 11) is 0. The number of pyridine rings is 2. The van der Waals surface area contributed by atoms with Crippen molar-refractivity contribution in [2.75, 3.05) is 0 Å². The van der Waals surface area contributed by atoms with Gasteiger partial charge in [0.15, 0.2) is 6.20 Å². The van der Waals surface area contributed by atoms with Crippen molar-refractivity contribution in [3.63, 3.8) is 0 Å². The molecule has 18 heavy (non-hydrogen) atoms. The molecule has 4 nitrogen and oxygen atoms in total. The van der Waals surface area contributed by atoms with E-state index in [0.29, 0.717) is 5.69 Å². The first kappa shape index (κ1) is 12.7. The number of hydrogen-bond acceptors (Lipinski definition) is 3. The zero-order valence-electron chi connectivity index (χ0n) is 10.4. The van der Waals surface area contributed by atoms with Crippen LogP contribution in [-0.4, -0.2) is 15.2 Å². The Balaban J connectivity index is 2.60. The van der Waals surface area contributed by atoms with Gasteiger partial charge in [-0.15, -0.1) is 0 Å². The molecule has 2 N–H and O–H groups in total. The van der Waals surface area contributed by atoms with Crippen molar-refractivity contribution >= 4 is 0 Å². The van der Waals surface area contributed by atoms with Gasteiger partial charge in [0.1, 0.15) is 12.2 Å². The van der Waals surface area contributed by atoms with Crippen molar-refractivity contribution in [3.05, 3.63) is 47.8 Å². The SMILES string of the molecule is CC[n+]1cccc(CO)c1-c1cccc(CO)n1. The molecule has 2 rings (SSSR count). The van der Waals surface area contributed by atoms with Crippen LogP contribution < -0.4 is 4.57 Å². The molecule has 0 saturated carbocycles. The second kappa shape index (κ2) is 5.71. The quantitative estimate of drug-likeness (QED) is 0.791. The molecule has 0 amide bonds. The molecular weight excluding hydrogens is 228 g/mol. The van der Waals surface area contributed by atoms with Gasteiger partial charge in [-0.2, -0.15) is 4.57 Å². The Morgan fingerprint density at radius 3 is 2.61 bits per heavy atom. The highest BCUT2D eigenvalue weighted by Crippen LogP contribution is 2.18. The van der Waals surface area contributed by atoms with Gasteiger partial charge in [-0.3, -0.25) is 0 Å². The molecule has 0 aliphatic carbocycles. The second-order valence-electron chi connectivity index (χ2n) is 4.00. The molecule has 0 fully saturated rings. The lowest BCUT2D eigenvalue weighted by atomic mass is 10.1. The minimum Gasteiger partial charge on any atom is -0.391 e. The van der Waals surface area contributed by atoms with Crippen LogP contribution in [0.3, 0.4) is 0 Å². The lowest BCUT2D eigenvalue weighted by Crippen LogP contribution is -2.35. The molecule has 0 spiro atoms. The zero-order chi connectivity index (χ0) is 13.0. The summed E-state index contributed by atoms with van der Waals surface area (Å²) >= 11 is 0. The van der Waals surface area contributed by atoms with E-state index in [1.54, 1.807) is 6.07 Å². The van der Waals surface area contributed by atoms with Gasteiger partial charge in [-0.1, -0.05) is 6.07 Å². The fraction of sp³-hybridized carbons (Fsp3) is 0.286. The molecular formula is C14H17N2O2+. The standard InChI is InChI=1S/C14H17N2O2/c1-2-16-8-4-5-11(9-17)14(16)13-7-3-6-12(10-18)15-13/h3-8,17-18H,2,9-10H2,1H3/q+1. The maximum Gasteiger partial charge on any atom is 0.236 e. The minimum absolute atomic E-state index is 0.0266. The minimum atomic E-state index is -0.0821. The fourth-order valence-corrected chi connectivity index (χ4v) is 2.00. The van der Waals surface area contributed by atoms with Crippen LogP contribution in [0.15, 0.2) is 36.5 Å². The summed E-state index contributed by atoms with van der Waals surface area (Å²) < 4.78 is 2.04. The van der Waals surface area contributed by atoms with Crippen molar-refractivity contribution in [1.29, 1.82) is 0 Å². The van der Waals surface area contributed by atoms with E-state index in [2.05, 4.69) is 4.98 Å². The van der Waals surface area contributed by atoms with E-state index in [0.717, 1.165) is 23.5 Å². The van der Waals surface area contributed by atoms with E-state index in [9.17, 15) is 5.11 Å². The molecule has 0 bridgehead atoms. The number of aliphatic hydroxyl groups excluding tert-OH is 2. The van der Waals surface area contributed by atoms with Crippen molar-refractivity contribution in [2.45, 2.75) is 26.7 Å². The first-order chi connectivity index (χ1) is 8.80. The average molecular weight is 245 g/mol. The summed E-state index contributed by atoms with van der Waals surface area (Å²) in [4.78, 5) is 4.40. The van der Waals surface area contributed by atoms with Crippen LogP contribution >= 0.6 is 0 Å². The van der Waals surface area contributed by atoms with Crippen LogP contribution in [-0.2, 0) is 19.8 Å². The van der Waals surface area contributed by atoms with E-state index in [-0.39, 0.29) is 13.2 Å². The van der Waals surface area contributed by atoms with E-state index >= 15 is 0 Å². The van der Waals surface area contributed by atoms with E-state index in [1.807, 2.05) is 42.0 Å². The summed E-state index contributed by atoms with van der Waals surface area (Å²) in [5.74, 6) is 0. The number of rotatable bonds is 4. The summed E-state index contributed by atoms with van der Waals surface area (Å²) in [5, 5.41) is 18.6. The van der Waals surface area contributed by atoms with Crippen LogP contribution in [0.2, 0.25) is 0 Å². The van der Waals surface area contributed by atoms with Gasteiger partial charge in [-0.05, 0) is 25.1 Å². The largest absolute Gasteiger partial charge is 0.391 e. The molecule has 0 aliphatic heterocycles. The van der Waals surface area contributed by atoms with Crippen molar-refractivity contribution < 1.29 is 14.8 Å². The molecule has 94 valence electrons. The Labute approximate surface area is 106 Å². The van der Waals surface area contributed by atoms with Gasteiger partial charge in [0.05, 0.1) is 24.5 Å². The van der Waals surface area contributed by atoms with Crippen LogP contribution in [0.5, 0.6) is 0 Å². The topological polar surface area (TPSA) is 57.2 Å². The normalized spacial score (nSPS) is 10.6. The van der Waals surface area contributed by atoms with Crippen LogP contribution in [0.4, 0.5) is 0 Å². The lowest BCUT2D eigenvalue weighted by molar-refractivity contribution is -0.683. The first-order valence-corrected chi connectivity index (χ1v) is 5.99. The Morgan fingerprint density at radius 1 is 1.11 bits per heavy atom. The first-order valence-electron chi connectivity index (χ1n) is 5.99. The molecule has 2 aromatic rings. The second-order valence-corrected chi connectivity index (χ2v) is 4.00. The number of nitrogens with zero attached hydrogens (tertiary/aromatic N) is 2. The third-order valence-corrected chi connectivity index (χ3v) is 2.88. The molecule has 0 saturated heterocycles. The molecule has 2 heterocycles. The Bertz CT molecular complexity index is 519. The smallest absolute Gasteiger partial charge is 0.236 e. The maximum atomic E-state index is 9.44. The predicted molar refractivity (Wildman–Crippen MR) is 67.4 cm³/mol. The number of aryl methyl sites for hydroxylation is 1. The predicted octanol–water partition coefficient (Wildman–Crippen LogP) is 1.04. The van der Waals surface area contributed by atoms with Crippen LogP contribution in [0.25, 0.3) is 11.4 Å². The van der Waals surface area contributed by atoms with E-state index < -0.39 is 0 Å². The van der Waals surface area contributed by atoms with Gasteiger partial charge in [0.2, 0.25) is 5.69 Å². The third kappa shape index (κ3) is 2.39. The molecule has 0 unspecified atom stereocenters. The van der Waals surface area contributed by atoms with Crippen molar-refractivity contribution in [1.82, 2.24) is 4.98 Å². The fourth-order valence-electron chi connectivity index (χ4n) is 2.00. The highest BCUT2D eigenvalue weighted by atomic mass is 16.3. The molecule has 4 heteroatoms. The summed E-state index contributed by atoms with van der Waals surface area (Å²) in [5.41, 5.74) is 3.13. The van der Waals surface area contributed by atoms with Gasteiger partial charge < -0.3 is 10.2 Å². The highest BCUT2D eigenvalue weighted by molar-refractivity contribution is 5.55. The average Bonchev–Trinajstić information content (AvgIpc) is 2.46.